The van der Waals surface area contributed by atoms with Crippen molar-refractivity contribution in [3.8, 4) is 0 Å². The minimum Gasteiger partial charge on any atom is -0.256 e. The number of rotatable bonds is 3. The molecule has 0 N–H and O–H groups in total. The van der Waals surface area contributed by atoms with Crippen LogP contribution in [0.4, 0.5) is 0 Å². The van der Waals surface area contributed by atoms with Crippen LogP contribution in [0.3, 0.4) is 0 Å². The minimum atomic E-state index is 0.738. The van der Waals surface area contributed by atoms with Gasteiger partial charge in [0.15, 0.2) is 0 Å². The highest BCUT2D eigenvalue weighted by atomic mass is 35.5. The second-order valence-electron chi connectivity index (χ2n) is 4.66. The SMILES string of the molecule is Clc1ccccc1/C=C(\c1ccccc1)c1ccccn1. The van der Waals surface area contributed by atoms with Crippen molar-refractivity contribution in [2.75, 3.05) is 0 Å². The molecule has 2 heteroatoms. The third-order valence-corrected chi connectivity index (χ3v) is 3.57. The van der Waals surface area contributed by atoms with Gasteiger partial charge in [0.2, 0.25) is 0 Å². The summed E-state index contributed by atoms with van der Waals surface area (Å²) in [6.07, 6.45) is 3.89. The largest absolute Gasteiger partial charge is 0.256 e. The Labute approximate surface area is 129 Å². The molecule has 0 bridgehead atoms. The van der Waals surface area contributed by atoms with Crippen LogP contribution in [0, 0.1) is 0 Å². The van der Waals surface area contributed by atoms with Gasteiger partial charge in [-0.1, -0.05) is 66.2 Å². The number of hydrogen-bond donors (Lipinski definition) is 0. The highest BCUT2D eigenvalue weighted by Crippen LogP contribution is 2.27. The second kappa shape index (κ2) is 6.38. The summed E-state index contributed by atoms with van der Waals surface area (Å²) in [5, 5.41) is 0.738. The van der Waals surface area contributed by atoms with E-state index >= 15 is 0 Å². The lowest BCUT2D eigenvalue weighted by atomic mass is 9.99. The predicted octanol–water partition coefficient (Wildman–Crippen LogP) is 5.32. The van der Waals surface area contributed by atoms with Crippen molar-refractivity contribution in [2.24, 2.45) is 0 Å². The summed E-state index contributed by atoms with van der Waals surface area (Å²) in [6.45, 7) is 0. The normalized spacial score (nSPS) is 11.4. The summed E-state index contributed by atoms with van der Waals surface area (Å²) in [7, 11) is 0. The fourth-order valence-electron chi connectivity index (χ4n) is 2.19. The lowest BCUT2D eigenvalue weighted by molar-refractivity contribution is 1.28. The molecule has 1 aromatic heterocycles. The summed E-state index contributed by atoms with van der Waals surface area (Å²) in [5.41, 5.74) is 4.10. The Bertz CT molecular complexity index is 707. The Morgan fingerprint density at radius 1 is 0.810 bits per heavy atom. The summed E-state index contributed by atoms with van der Waals surface area (Å²) in [6, 6.07) is 24.0. The van der Waals surface area contributed by atoms with Crippen LogP contribution in [0.5, 0.6) is 0 Å². The molecule has 3 rings (SSSR count). The van der Waals surface area contributed by atoms with E-state index in [2.05, 4.69) is 23.2 Å². The van der Waals surface area contributed by atoms with Gasteiger partial charge < -0.3 is 0 Å². The molecule has 0 saturated carbocycles. The van der Waals surface area contributed by atoms with Gasteiger partial charge in [-0.25, -0.2) is 0 Å². The van der Waals surface area contributed by atoms with Crippen LogP contribution in [0.15, 0.2) is 79.0 Å². The average Bonchev–Trinajstić information content (AvgIpc) is 2.56. The Kier molecular flexibility index (Phi) is 4.13. The van der Waals surface area contributed by atoms with E-state index in [1.165, 1.54) is 0 Å². The predicted molar refractivity (Wildman–Crippen MR) is 89.1 cm³/mol. The zero-order chi connectivity index (χ0) is 14.5. The van der Waals surface area contributed by atoms with E-state index in [1.54, 1.807) is 6.20 Å². The molecule has 0 aliphatic carbocycles. The molecule has 21 heavy (non-hydrogen) atoms. The average molecular weight is 292 g/mol. The van der Waals surface area contributed by atoms with Crippen LogP contribution in [0.1, 0.15) is 16.8 Å². The fraction of sp³-hybridized carbons (Fsp3) is 0. The zero-order valence-corrected chi connectivity index (χ0v) is 12.2. The first kappa shape index (κ1) is 13.6. The molecule has 0 saturated heterocycles. The maximum Gasteiger partial charge on any atom is 0.0708 e. The van der Waals surface area contributed by atoms with Crippen molar-refractivity contribution in [3.63, 3.8) is 0 Å². The van der Waals surface area contributed by atoms with Crippen molar-refractivity contribution in [3.05, 3.63) is 101 Å². The molecule has 0 atom stereocenters. The zero-order valence-electron chi connectivity index (χ0n) is 11.4. The topological polar surface area (TPSA) is 12.9 Å². The maximum absolute atomic E-state index is 6.28. The van der Waals surface area contributed by atoms with Gasteiger partial charge in [0.05, 0.1) is 5.69 Å². The number of nitrogens with zero attached hydrogens (tertiary/aromatic N) is 1. The second-order valence-corrected chi connectivity index (χ2v) is 5.07. The van der Waals surface area contributed by atoms with Crippen LogP contribution >= 0.6 is 11.6 Å². The highest BCUT2D eigenvalue weighted by Gasteiger charge is 2.07. The Balaban J connectivity index is 2.16. The molecule has 1 nitrogen and oxygen atoms in total. The van der Waals surface area contributed by atoms with Crippen molar-refractivity contribution in [1.29, 1.82) is 0 Å². The lowest BCUT2D eigenvalue weighted by Gasteiger charge is -2.08. The van der Waals surface area contributed by atoms with Gasteiger partial charge in [-0.05, 0) is 35.4 Å². The molecule has 3 aromatic rings. The standard InChI is InChI=1S/C19H14ClN/c20-18-11-5-4-10-16(18)14-17(15-8-2-1-3-9-15)19-12-6-7-13-21-19/h1-14H/b17-14+. The molecule has 0 aliphatic heterocycles. The van der Waals surface area contributed by atoms with E-state index in [4.69, 9.17) is 11.6 Å². The molecule has 0 radical (unpaired) electrons. The molecule has 0 amide bonds. The van der Waals surface area contributed by atoms with Crippen LogP contribution in [-0.4, -0.2) is 4.98 Å². The first-order valence-electron chi connectivity index (χ1n) is 6.77. The third-order valence-electron chi connectivity index (χ3n) is 3.23. The number of aromatic nitrogens is 1. The van der Waals surface area contributed by atoms with Gasteiger partial charge in [-0.2, -0.15) is 0 Å². The smallest absolute Gasteiger partial charge is 0.0708 e. The lowest BCUT2D eigenvalue weighted by Crippen LogP contribution is -1.91. The van der Waals surface area contributed by atoms with Crippen molar-refractivity contribution in [1.82, 2.24) is 4.98 Å². The van der Waals surface area contributed by atoms with Crippen molar-refractivity contribution < 1.29 is 0 Å². The van der Waals surface area contributed by atoms with Crippen molar-refractivity contribution >= 4 is 23.3 Å². The Morgan fingerprint density at radius 3 is 2.24 bits per heavy atom. The molecule has 0 spiro atoms. The van der Waals surface area contributed by atoms with Gasteiger partial charge in [0.1, 0.15) is 0 Å². The summed E-state index contributed by atoms with van der Waals surface area (Å²) >= 11 is 6.28. The quantitative estimate of drug-likeness (QED) is 0.595. The Morgan fingerprint density at radius 2 is 1.52 bits per heavy atom. The number of halogens is 1. The van der Waals surface area contributed by atoms with Crippen LogP contribution < -0.4 is 0 Å². The fourth-order valence-corrected chi connectivity index (χ4v) is 2.38. The van der Waals surface area contributed by atoms with E-state index in [0.29, 0.717) is 0 Å². The molecule has 102 valence electrons. The van der Waals surface area contributed by atoms with E-state index in [-0.39, 0.29) is 0 Å². The molecule has 0 aliphatic rings. The first-order valence-corrected chi connectivity index (χ1v) is 7.15. The molecular formula is C19H14ClN. The molecule has 1 heterocycles. The van der Waals surface area contributed by atoms with E-state index in [1.807, 2.05) is 60.7 Å². The molecule has 0 unspecified atom stereocenters. The number of hydrogen-bond acceptors (Lipinski definition) is 1. The summed E-state index contributed by atoms with van der Waals surface area (Å²) in [4.78, 5) is 4.47. The van der Waals surface area contributed by atoms with Crippen LogP contribution in [0.2, 0.25) is 5.02 Å². The summed E-state index contributed by atoms with van der Waals surface area (Å²) < 4.78 is 0. The van der Waals surface area contributed by atoms with Crippen LogP contribution in [-0.2, 0) is 0 Å². The monoisotopic (exact) mass is 291 g/mol. The van der Waals surface area contributed by atoms with Gasteiger partial charge in [-0.15, -0.1) is 0 Å². The molecular weight excluding hydrogens is 278 g/mol. The third kappa shape index (κ3) is 3.21. The summed E-state index contributed by atoms with van der Waals surface area (Å²) in [5.74, 6) is 0. The minimum absolute atomic E-state index is 0.738. The maximum atomic E-state index is 6.28. The number of pyridine rings is 1. The Hall–Kier alpha value is -2.38. The van der Waals surface area contributed by atoms with Crippen molar-refractivity contribution in [2.45, 2.75) is 0 Å². The molecule has 2 aromatic carbocycles. The van der Waals surface area contributed by atoms with Crippen LogP contribution in [0.25, 0.3) is 11.6 Å². The van der Waals surface area contributed by atoms with Gasteiger partial charge in [0.25, 0.3) is 0 Å². The molecule has 0 fully saturated rings. The van der Waals surface area contributed by atoms with Gasteiger partial charge in [-0.3, -0.25) is 4.98 Å². The van der Waals surface area contributed by atoms with Gasteiger partial charge >= 0.3 is 0 Å². The van der Waals surface area contributed by atoms with Gasteiger partial charge in [0, 0.05) is 16.8 Å². The highest BCUT2D eigenvalue weighted by molar-refractivity contribution is 6.32. The van der Waals surface area contributed by atoms with E-state index in [0.717, 1.165) is 27.4 Å². The van der Waals surface area contributed by atoms with E-state index < -0.39 is 0 Å². The van der Waals surface area contributed by atoms with E-state index in [9.17, 15) is 0 Å². The number of benzene rings is 2. The first-order chi connectivity index (χ1) is 10.3.